The second-order valence-corrected chi connectivity index (χ2v) is 10.9. The summed E-state index contributed by atoms with van der Waals surface area (Å²) < 4.78 is 61.0. The second kappa shape index (κ2) is 11.2. The van der Waals surface area contributed by atoms with E-state index in [0.29, 0.717) is 62.6 Å². The summed E-state index contributed by atoms with van der Waals surface area (Å²) in [5, 5.41) is 0. The monoisotopic (exact) mass is 548 g/mol. The molecule has 3 fully saturated rings. The molecule has 0 radical (unpaired) electrons. The number of likely N-dealkylation sites (tertiary alicyclic amines) is 2. The largest absolute Gasteiger partial charge is 0.476 e. The second-order valence-electron chi connectivity index (χ2n) is 10.9. The van der Waals surface area contributed by atoms with Crippen molar-refractivity contribution in [3.63, 3.8) is 0 Å². The Morgan fingerprint density at radius 3 is 2.44 bits per heavy atom. The van der Waals surface area contributed by atoms with Crippen LogP contribution in [0.3, 0.4) is 0 Å². The first kappa shape index (κ1) is 27.5. The minimum atomic E-state index is -4.14. The Balaban J connectivity index is 1.12. The molecule has 1 aromatic carbocycles. The molecule has 2 saturated heterocycles. The van der Waals surface area contributed by atoms with Crippen molar-refractivity contribution in [2.75, 3.05) is 32.8 Å². The van der Waals surface area contributed by atoms with E-state index < -0.39 is 29.4 Å². The molecule has 1 atom stereocenters. The zero-order valence-corrected chi connectivity index (χ0v) is 21.6. The van der Waals surface area contributed by atoms with Gasteiger partial charge in [0.05, 0.1) is 41.7 Å². The molecule has 3 aliphatic rings. The topological polar surface area (TPSA) is 75.6 Å². The van der Waals surface area contributed by atoms with Gasteiger partial charge in [-0.15, -0.1) is 0 Å². The van der Waals surface area contributed by atoms with Crippen LogP contribution < -0.4 is 4.74 Å². The molecular weight excluding hydrogens is 516 g/mol. The number of ether oxygens (including phenoxy) is 1. The summed E-state index contributed by atoms with van der Waals surface area (Å²) in [4.78, 5) is 35.8. The number of carbonyl (C=O) groups is 2. The summed E-state index contributed by atoms with van der Waals surface area (Å²) in [5.74, 6) is -0.661. The normalized spacial score (nSPS) is 21.9. The smallest absolute Gasteiger partial charge is 0.395 e. The molecule has 0 bridgehead atoms. The van der Waals surface area contributed by atoms with E-state index in [4.69, 9.17) is 4.74 Å². The molecule has 2 aliphatic heterocycles. The van der Waals surface area contributed by atoms with E-state index in [9.17, 15) is 27.2 Å². The van der Waals surface area contributed by atoms with Crippen molar-refractivity contribution in [2.24, 2.45) is 11.3 Å². The number of piperidine rings is 1. The van der Waals surface area contributed by atoms with Gasteiger partial charge >= 0.3 is 6.18 Å². The van der Waals surface area contributed by atoms with Gasteiger partial charge in [-0.25, -0.2) is 14.4 Å². The van der Waals surface area contributed by atoms with Crippen LogP contribution in [0.15, 0.2) is 30.6 Å². The van der Waals surface area contributed by atoms with Crippen molar-refractivity contribution in [1.82, 2.24) is 19.8 Å². The maximum Gasteiger partial charge on any atom is 0.395 e. The number of aromatic nitrogens is 2. The Hall–Kier alpha value is -3.08. The van der Waals surface area contributed by atoms with E-state index in [1.165, 1.54) is 29.4 Å². The van der Waals surface area contributed by atoms with Crippen LogP contribution >= 0.6 is 0 Å². The van der Waals surface area contributed by atoms with E-state index in [1.807, 2.05) is 4.90 Å². The lowest BCUT2D eigenvalue weighted by Gasteiger charge is -2.47. The zero-order valence-electron chi connectivity index (χ0n) is 21.6. The van der Waals surface area contributed by atoms with Crippen molar-refractivity contribution >= 4 is 12.2 Å². The van der Waals surface area contributed by atoms with Gasteiger partial charge in [0.1, 0.15) is 12.1 Å². The highest BCUT2D eigenvalue weighted by atomic mass is 19.4. The van der Waals surface area contributed by atoms with Gasteiger partial charge in [0.15, 0.2) is 0 Å². The van der Waals surface area contributed by atoms with Gasteiger partial charge in [-0.05, 0) is 69.7 Å². The number of hydrogen-bond donors (Lipinski definition) is 0. The van der Waals surface area contributed by atoms with Crippen molar-refractivity contribution < 1.29 is 31.9 Å². The molecule has 11 heteroatoms. The quantitative estimate of drug-likeness (QED) is 0.345. The molecule has 7 nitrogen and oxygen atoms in total. The van der Waals surface area contributed by atoms with Gasteiger partial charge in [0.2, 0.25) is 5.88 Å². The third kappa shape index (κ3) is 5.78. The number of carbonyl (C=O) groups excluding carboxylic acids is 2. The molecule has 1 aliphatic carbocycles. The number of nitrogens with zero attached hydrogens (tertiary/aromatic N) is 4. The fourth-order valence-corrected chi connectivity index (χ4v) is 5.81. The predicted octanol–water partition coefficient (Wildman–Crippen LogP) is 4.91. The first-order chi connectivity index (χ1) is 18.7. The number of alkyl halides is 3. The highest BCUT2D eigenvalue weighted by Crippen LogP contribution is 2.53. The lowest BCUT2D eigenvalue weighted by Crippen LogP contribution is -2.53. The van der Waals surface area contributed by atoms with E-state index in [1.54, 1.807) is 6.07 Å². The average Bonchev–Trinajstić information content (AvgIpc) is 3.38. The molecule has 3 heterocycles. The number of amides is 1. The van der Waals surface area contributed by atoms with Gasteiger partial charge < -0.3 is 19.3 Å². The summed E-state index contributed by atoms with van der Waals surface area (Å²) in [6.45, 7) is 2.15. The summed E-state index contributed by atoms with van der Waals surface area (Å²) >= 11 is 0. The van der Waals surface area contributed by atoms with Crippen LogP contribution in [-0.4, -0.2) is 77.0 Å². The Bertz CT molecular complexity index is 1180. The Morgan fingerprint density at radius 2 is 1.85 bits per heavy atom. The van der Waals surface area contributed by atoms with Crippen LogP contribution in [0.1, 0.15) is 55.3 Å². The fraction of sp³-hybridized carbons (Fsp3) is 0.571. The summed E-state index contributed by atoms with van der Waals surface area (Å²) in [5.41, 5.74) is -0.755. The number of benzene rings is 1. The van der Waals surface area contributed by atoms with Crippen molar-refractivity contribution in [2.45, 2.75) is 57.2 Å². The standard InChI is InChI=1S/C28H32F4N4O3/c29-23-13-20(4-5-22(23)26(38)36-10-1-3-21(36)16-37)24-14-34-25(15-33-24)39-17-19-6-11-35(12-7-19)18-27(8-2-9-27)28(30,31)32/h4-5,13-16,19,21H,1-3,6-12,17-18H2. The summed E-state index contributed by atoms with van der Waals surface area (Å²) in [6, 6.07) is 3.70. The molecule has 5 rings (SSSR count). The Labute approximate surface area is 224 Å². The average molecular weight is 549 g/mol. The summed E-state index contributed by atoms with van der Waals surface area (Å²) in [6.07, 6.45) is 3.40. The van der Waals surface area contributed by atoms with Crippen LogP contribution in [0.5, 0.6) is 5.88 Å². The van der Waals surface area contributed by atoms with E-state index in [2.05, 4.69) is 9.97 Å². The highest BCUT2D eigenvalue weighted by molar-refractivity contribution is 5.96. The molecule has 1 aromatic heterocycles. The Morgan fingerprint density at radius 1 is 1.08 bits per heavy atom. The first-order valence-corrected chi connectivity index (χ1v) is 13.5. The third-order valence-corrected chi connectivity index (χ3v) is 8.45. The highest BCUT2D eigenvalue weighted by Gasteiger charge is 2.58. The first-order valence-electron chi connectivity index (χ1n) is 13.5. The van der Waals surface area contributed by atoms with Crippen LogP contribution in [0.2, 0.25) is 0 Å². The number of hydrogen-bond acceptors (Lipinski definition) is 6. The minimum Gasteiger partial charge on any atom is -0.476 e. The summed E-state index contributed by atoms with van der Waals surface area (Å²) in [7, 11) is 0. The van der Waals surface area contributed by atoms with E-state index in [0.717, 1.165) is 19.1 Å². The molecule has 1 saturated carbocycles. The molecule has 0 spiro atoms. The molecule has 1 amide bonds. The minimum absolute atomic E-state index is 0.0876. The van der Waals surface area contributed by atoms with Gasteiger partial charge in [-0.3, -0.25) is 4.79 Å². The maximum absolute atomic E-state index is 14.8. The molecule has 0 N–H and O–H groups in total. The van der Waals surface area contributed by atoms with Crippen LogP contribution in [0.25, 0.3) is 11.3 Å². The third-order valence-electron chi connectivity index (χ3n) is 8.45. The number of halogens is 4. The molecule has 210 valence electrons. The predicted molar refractivity (Wildman–Crippen MR) is 135 cm³/mol. The maximum atomic E-state index is 14.8. The van der Waals surface area contributed by atoms with Crippen LogP contribution in [-0.2, 0) is 4.79 Å². The number of aldehydes is 1. The molecule has 1 unspecified atom stereocenters. The van der Waals surface area contributed by atoms with Gasteiger partial charge in [-0.2, -0.15) is 13.2 Å². The SMILES string of the molecule is O=CC1CCCN1C(=O)c1ccc(-c2cnc(OCC3CCN(CC4(C(F)(F)F)CCC4)CC3)cn2)cc1F. The van der Waals surface area contributed by atoms with Crippen molar-refractivity contribution in [1.29, 1.82) is 0 Å². The van der Waals surface area contributed by atoms with Crippen LogP contribution in [0, 0.1) is 17.2 Å². The Kier molecular flexibility index (Phi) is 7.89. The zero-order chi connectivity index (χ0) is 27.6. The lowest BCUT2D eigenvalue weighted by molar-refractivity contribution is -0.256. The molecule has 39 heavy (non-hydrogen) atoms. The van der Waals surface area contributed by atoms with Gasteiger partial charge in [0, 0.05) is 18.7 Å². The number of rotatable bonds is 8. The fourth-order valence-electron chi connectivity index (χ4n) is 5.81. The molecule has 2 aromatic rings. The molecular formula is C28H32F4N4O3. The van der Waals surface area contributed by atoms with Crippen LogP contribution in [0.4, 0.5) is 17.6 Å². The van der Waals surface area contributed by atoms with Gasteiger partial charge in [0.25, 0.3) is 5.91 Å². The van der Waals surface area contributed by atoms with Gasteiger partial charge in [-0.1, -0.05) is 12.5 Å². The van der Waals surface area contributed by atoms with Crippen molar-refractivity contribution in [3.8, 4) is 17.1 Å². The lowest BCUT2D eigenvalue weighted by atomic mass is 9.67. The van der Waals surface area contributed by atoms with Crippen molar-refractivity contribution in [3.05, 3.63) is 42.0 Å². The van der Waals surface area contributed by atoms with E-state index >= 15 is 0 Å². The van der Waals surface area contributed by atoms with E-state index in [-0.39, 0.29) is 30.9 Å².